The van der Waals surface area contributed by atoms with E-state index in [1.54, 1.807) is 16.5 Å². The van der Waals surface area contributed by atoms with Gasteiger partial charge in [0.1, 0.15) is 6.54 Å². The first kappa shape index (κ1) is 15.0. The maximum atomic E-state index is 12.2. The molecule has 0 aliphatic carbocycles. The van der Waals surface area contributed by atoms with Crippen molar-refractivity contribution in [1.82, 2.24) is 29.6 Å². The minimum absolute atomic E-state index is 0.105. The van der Waals surface area contributed by atoms with Crippen LogP contribution in [-0.4, -0.2) is 29.6 Å². The zero-order valence-electron chi connectivity index (χ0n) is 12.5. The van der Waals surface area contributed by atoms with Gasteiger partial charge in [-0.3, -0.25) is 9.20 Å². The van der Waals surface area contributed by atoms with Gasteiger partial charge in [-0.1, -0.05) is 11.6 Å². The molecule has 0 spiro atoms. The Labute approximate surface area is 145 Å². The summed E-state index contributed by atoms with van der Waals surface area (Å²) < 4.78 is 1.59. The molecule has 0 atom stereocenters. The molecule has 3 aromatic heterocycles. The number of halogens is 1. The predicted octanol–water partition coefficient (Wildman–Crippen LogP) is 2.42. The standard InChI is InChI=1S/C15H11ClN6OS/c1-9-8-24-15-17-12(6-13(23)22(9)15)7-21-19-14(18-20-21)10-2-4-11(16)5-3-10/h2-6,8H,7H2,1H3. The largest absolute Gasteiger partial charge is 0.269 e. The van der Waals surface area contributed by atoms with Crippen LogP contribution in [0.2, 0.25) is 5.02 Å². The average molecular weight is 359 g/mol. The van der Waals surface area contributed by atoms with E-state index < -0.39 is 0 Å². The van der Waals surface area contributed by atoms with Gasteiger partial charge in [-0.15, -0.1) is 21.5 Å². The molecule has 0 N–H and O–H groups in total. The second-order valence-electron chi connectivity index (χ2n) is 5.23. The molecule has 0 unspecified atom stereocenters. The van der Waals surface area contributed by atoms with E-state index in [-0.39, 0.29) is 12.1 Å². The number of fused-ring (bicyclic) bond motifs is 1. The molecule has 24 heavy (non-hydrogen) atoms. The van der Waals surface area contributed by atoms with Crippen molar-refractivity contribution in [2.75, 3.05) is 0 Å². The monoisotopic (exact) mass is 358 g/mol. The first-order valence-corrected chi connectivity index (χ1v) is 8.36. The van der Waals surface area contributed by atoms with E-state index in [1.807, 2.05) is 24.4 Å². The molecule has 0 aliphatic heterocycles. The van der Waals surface area contributed by atoms with Crippen LogP contribution in [0.5, 0.6) is 0 Å². The number of benzene rings is 1. The van der Waals surface area contributed by atoms with E-state index >= 15 is 0 Å². The summed E-state index contributed by atoms with van der Waals surface area (Å²) in [6, 6.07) is 8.70. The van der Waals surface area contributed by atoms with Crippen LogP contribution in [-0.2, 0) is 6.54 Å². The van der Waals surface area contributed by atoms with Crippen LogP contribution in [0.4, 0.5) is 0 Å². The Morgan fingerprint density at radius 3 is 2.83 bits per heavy atom. The summed E-state index contributed by atoms with van der Waals surface area (Å²) in [4.78, 5) is 18.7. The maximum absolute atomic E-state index is 12.2. The lowest BCUT2D eigenvalue weighted by molar-refractivity contribution is 0.564. The van der Waals surface area contributed by atoms with Gasteiger partial charge in [0.05, 0.1) is 5.69 Å². The molecule has 0 amide bonds. The van der Waals surface area contributed by atoms with Crippen molar-refractivity contribution < 1.29 is 0 Å². The van der Waals surface area contributed by atoms with Gasteiger partial charge in [0, 0.05) is 27.7 Å². The van der Waals surface area contributed by atoms with Gasteiger partial charge >= 0.3 is 0 Å². The lowest BCUT2D eigenvalue weighted by Crippen LogP contribution is -2.17. The van der Waals surface area contributed by atoms with Crippen molar-refractivity contribution in [3.05, 3.63) is 62.5 Å². The van der Waals surface area contributed by atoms with Crippen molar-refractivity contribution in [3.63, 3.8) is 0 Å². The fourth-order valence-electron chi connectivity index (χ4n) is 2.35. The second-order valence-corrected chi connectivity index (χ2v) is 6.50. The third-order valence-corrected chi connectivity index (χ3v) is 4.68. The van der Waals surface area contributed by atoms with Gasteiger partial charge in [-0.05, 0) is 36.4 Å². The predicted molar refractivity (Wildman–Crippen MR) is 91.4 cm³/mol. The number of rotatable bonds is 3. The highest BCUT2D eigenvalue weighted by molar-refractivity contribution is 7.15. The minimum atomic E-state index is -0.105. The van der Waals surface area contributed by atoms with Crippen LogP contribution in [0.15, 0.2) is 40.5 Å². The van der Waals surface area contributed by atoms with Crippen LogP contribution in [0.25, 0.3) is 16.3 Å². The summed E-state index contributed by atoms with van der Waals surface area (Å²) in [6.45, 7) is 2.16. The van der Waals surface area contributed by atoms with Crippen molar-refractivity contribution >= 4 is 27.9 Å². The molecule has 0 saturated heterocycles. The molecule has 9 heteroatoms. The van der Waals surface area contributed by atoms with Gasteiger partial charge in [-0.25, -0.2) is 4.98 Å². The number of thiazole rings is 1. The highest BCUT2D eigenvalue weighted by Crippen LogP contribution is 2.17. The number of hydrogen-bond acceptors (Lipinski definition) is 6. The lowest BCUT2D eigenvalue weighted by Gasteiger charge is -2.00. The zero-order valence-corrected chi connectivity index (χ0v) is 14.1. The van der Waals surface area contributed by atoms with E-state index in [4.69, 9.17) is 11.6 Å². The van der Waals surface area contributed by atoms with E-state index in [0.29, 0.717) is 21.5 Å². The molecular weight excluding hydrogens is 348 g/mol. The third-order valence-electron chi connectivity index (χ3n) is 3.49. The minimum Gasteiger partial charge on any atom is -0.269 e. The summed E-state index contributed by atoms with van der Waals surface area (Å²) in [6.07, 6.45) is 0. The number of aromatic nitrogens is 6. The summed E-state index contributed by atoms with van der Waals surface area (Å²) in [5, 5.41) is 14.9. The van der Waals surface area contributed by atoms with Crippen molar-refractivity contribution in [2.45, 2.75) is 13.5 Å². The van der Waals surface area contributed by atoms with Crippen LogP contribution in [0.1, 0.15) is 11.4 Å². The summed E-state index contributed by atoms with van der Waals surface area (Å²) in [7, 11) is 0. The molecule has 120 valence electrons. The van der Waals surface area contributed by atoms with Crippen molar-refractivity contribution in [2.24, 2.45) is 0 Å². The van der Waals surface area contributed by atoms with Crippen LogP contribution in [0.3, 0.4) is 0 Å². The molecular formula is C15H11ClN6OS. The summed E-state index contributed by atoms with van der Waals surface area (Å²) in [5.41, 5.74) is 2.19. The fraction of sp³-hybridized carbons (Fsp3) is 0.133. The Bertz CT molecular complexity index is 1080. The van der Waals surface area contributed by atoms with E-state index in [9.17, 15) is 4.79 Å². The molecule has 7 nitrogen and oxygen atoms in total. The SMILES string of the molecule is Cc1csc2nc(Cn3nnc(-c4ccc(Cl)cc4)n3)cc(=O)n12. The van der Waals surface area contributed by atoms with Crippen LogP contribution < -0.4 is 5.56 Å². The third kappa shape index (κ3) is 2.70. The number of nitrogens with zero attached hydrogens (tertiary/aromatic N) is 6. The molecule has 0 aliphatic rings. The van der Waals surface area contributed by atoms with Gasteiger partial charge in [0.2, 0.25) is 5.82 Å². The molecule has 0 bridgehead atoms. The Balaban J connectivity index is 1.64. The zero-order chi connectivity index (χ0) is 16.7. The number of aryl methyl sites for hydroxylation is 1. The van der Waals surface area contributed by atoms with Crippen molar-refractivity contribution in [1.29, 1.82) is 0 Å². The maximum Gasteiger partial charge on any atom is 0.259 e. The van der Waals surface area contributed by atoms with E-state index in [1.165, 1.54) is 22.2 Å². The molecule has 0 fully saturated rings. The fourth-order valence-corrected chi connectivity index (χ4v) is 3.37. The summed E-state index contributed by atoms with van der Waals surface area (Å²) >= 11 is 7.31. The smallest absolute Gasteiger partial charge is 0.259 e. The number of tetrazole rings is 1. The number of hydrogen-bond donors (Lipinski definition) is 0. The highest BCUT2D eigenvalue weighted by atomic mass is 35.5. The Kier molecular flexibility index (Phi) is 3.62. The summed E-state index contributed by atoms with van der Waals surface area (Å²) in [5.74, 6) is 0.497. The normalized spacial score (nSPS) is 11.2. The van der Waals surface area contributed by atoms with E-state index in [0.717, 1.165) is 11.3 Å². The van der Waals surface area contributed by atoms with Gasteiger partial charge in [0.25, 0.3) is 5.56 Å². The average Bonchev–Trinajstić information content (AvgIpc) is 3.16. The molecule has 1 aromatic carbocycles. The molecule has 4 rings (SSSR count). The molecule has 0 radical (unpaired) electrons. The Hall–Kier alpha value is -2.58. The lowest BCUT2D eigenvalue weighted by atomic mass is 10.2. The van der Waals surface area contributed by atoms with Gasteiger partial charge in [-0.2, -0.15) is 4.80 Å². The van der Waals surface area contributed by atoms with Gasteiger partial charge < -0.3 is 0 Å². The topological polar surface area (TPSA) is 78.0 Å². The molecule has 4 aromatic rings. The van der Waals surface area contributed by atoms with Crippen molar-refractivity contribution in [3.8, 4) is 11.4 Å². The van der Waals surface area contributed by atoms with Crippen LogP contribution >= 0.6 is 22.9 Å². The van der Waals surface area contributed by atoms with Gasteiger partial charge in [0.15, 0.2) is 4.96 Å². The second kappa shape index (κ2) is 5.81. The Morgan fingerprint density at radius 2 is 2.04 bits per heavy atom. The molecule has 3 heterocycles. The van der Waals surface area contributed by atoms with Crippen LogP contribution in [0, 0.1) is 6.92 Å². The first-order valence-electron chi connectivity index (χ1n) is 7.11. The van der Waals surface area contributed by atoms with E-state index in [2.05, 4.69) is 20.4 Å². The first-order chi connectivity index (χ1) is 11.6. The quantitative estimate of drug-likeness (QED) is 0.562. The highest BCUT2D eigenvalue weighted by Gasteiger charge is 2.10. The Morgan fingerprint density at radius 1 is 1.25 bits per heavy atom. The molecule has 0 saturated carbocycles.